The summed E-state index contributed by atoms with van der Waals surface area (Å²) in [7, 11) is 0. The number of pyridine rings is 1. The first-order valence-electron chi connectivity index (χ1n) is 11.9. The van der Waals surface area contributed by atoms with E-state index in [2.05, 4.69) is 29.9 Å². The Morgan fingerprint density at radius 1 is 1.05 bits per heavy atom. The number of rotatable bonds is 4. The molecule has 2 aromatic carbocycles. The van der Waals surface area contributed by atoms with Crippen molar-refractivity contribution in [1.29, 1.82) is 0 Å². The molecule has 1 unspecified atom stereocenters. The topological polar surface area (TPSA) is 102 Å². The van der Waals surface area contributed by atoms with Gasteiger partial charge in [0.25, 0.3) is 5.78 Å². The van der Waals surface area contributed by atoms with Gasteiger partial charge in [-0.15, -0.1) is 0 Å². The van der Waals surface area contributed by atoms with Crippen LogP contribution in [0, 0.1) is 0 Å². The zero-order valence-electron chi connectivity index (χ0n) is 20.2. The number of ketones is 1. The lowest BCUT2D eigenvalue weighted by molar-refractivity contribution is -0.132. The molecule has 2 aliphatic rings. The van der Waals surface area contributed by atoms with Crippen LogP contribution in [0.3, 0.4) is 0 Å². The van der Waals surface area contributed by atoms with E-state index in [1.807, 2.05) is 12.1 Å². The van der Waals surface area contributed by atoms with Gasteiger partial charge >= 0.3 is 5.91 Å². The normalized spacial score (nSPS) is 18.7. The third kappa shape index (κ3) is 3.92. The molecule has 8 nitrogen and oxygen atoms in total. The van der Waals surface area contributed by atoms with E-state index in [-0.39, 0.29) is 11.3 Å². The number of aliphatic hydroxyl groups is 1. The summed E-state index contributed by atoms with van der Waals surface area (Å²) in [5.41, 5.74) is 2.63. The van der Waals surface area contributed by atoms with Gasteiger partial charge in [0.2, 0.25) is 0 Å². The Labute approximate surface area is 216 Å². The standard InChI is InChI=1S/C28H23N3O5S/c1-15(2)16-6-8-18-22(14-16)37-28(30-18)31-24(19-5-3-4-10-29-19)23(26(33)27(31)34)25(32)17-7-9-20-21(13-17)36-12-11-35-20/h3-10,13-15,24,32H,11-12H2,1-2H3/b25-23+. The molecule has 0 radical (unpaired) electrons. The summed E-state index contributed by atoms with van der Waals surface area (Å²) >= 11 is 1.33. The van der Waals surface area contributed by atoms with Crippen LogP contribution in [-0.4, -0.2) is 40.0 Å². The number of thiazole rings is 1. The van der Waals surface area contributed by atoms with Gasteiger partial charge < -0.3 is 14.6 Å². The molecule has 6 rings (SSSR count). The molecule has 0 saturated carbocycles. The maximum atomic E-state index is 13.4. The lowest BCUT2D eigenvalue weighted by Gasteiger charge is -2.22. The molecule has 2 aliphatic heterocycles. The molecule has 1 fully saturated rings. The van der Waals surface area contributed by atoms with E-state index in [1.165, 1.54) is 16.2 Å². The van der Waals surface area contributed by atoms with Crippen molar-refractivity contribution in [2.45, 2.75) is 25.8 Å². The van der Waals surface area contributed by atoms with Crippen LogP contribution in [0.4, 0.5) is 5.13 Å². The average molecular weight is 514 g/mol. The number of nitrogens with zero attached hydrogens (tertiary/aromatic N) is 3. The molecule has 4 heterocycles. The molecule has 37 heavy (non-hydrogen) atoms. The van der Waals surface area contributed by atoms with Crippen molar-refractivity contribution in [3.8, 4) is 11.5 Å². The number of anilines is 1. The van der Waals surface area contributed by atoms with Gasteiger partial charge in [-0.2, -0.15) is 0 Å². The number of amides is 1. The van der Waals surface area contributed by atoms with E-state index in [1.54, 1.807) is 42.6 Å². The fourth-order valence-corrected chi connectivity index (χ4v) is 5.63. The van der Waals surface area contributed by atoms with Gasteiger partial charge in [0.1, 0.15) is 25.0 Å². The second-order valence-electron chi connectivity index (χ2n) is 9.16. The number of benzene rings is 2. The second-order valence-corrected chi connectivity index (χ2v) is 10.2. The number of fused-ring (bicyclic) bond motifs is 2. The van der Waals surface area contributed by atoms with Crippen LogP contribution in [0.1, 0.15) is 42.6 Å². The van der Waals surface area contributed by atoms with Crippen LogP contribution in [0.5, 0.6) is 11.5 Å². The van der Waals surface area contributed by atoms with E-state index in [9.17, 15) is 14.7 Å². The fraction of sp³-hybridized carbons (Fsp3) is 0.214. The first-order chi connectivity index (χ1) is 17.9. The summed E-state index contributed by atoms with van der Waals surface area (Å²) in [6.07, 6.45) is 1.59. The third-order valence-corrected chi connectivity index (χ3v) is 7.52. The van der Waals surface area contributed by atoms with E-state index >= 15 is 0 Å². The molecular formula is C28H23N3O5S. The highest BCUT2D eigenvalue weighted by Gasteiger charge is 2.49. The molecule has 1 N–H and O–H groups in total. The Morgan fingerprint density at radius 2 is 1.86 bits per heavy atom. The predicted molar refractivity (Wildman–Crippen MR) is 140 cm³/mol. The lowest BCUT2D eigenvalue weighted by atomic mass is 9.98. The summed E-state index contributed by atoms with van der Waals surface area (Å²) in [5.74, 6) is -0.519. The first-order valence-corrected chi connectivity index (χ1v) is 12.8. The molecule has 0 bridgehead atoms. The Kier molecular flexibility index (Phi) is 5.64. The average Bonchev–Trinajstić information content (AvgIpc) is 3.46. The summed E-state index contributed by atoms with van der Waals surface area (Å²) < 4.78 is 12.1. The van der Waals surface area contributed by atoms with Crippen molar-refractivity contribution >= 4 is 44.1 Å². The third-order valence-electron chi connectivity index (χ3n) is 6.50. The highest BCUT2D eigenvalue weighted by atomic mass is 32.1. The molecule has 2 aromatic heterocycles. The molecule has 1 atom stereocenters. The molecule has 1 amide bonds. The number of carbonyl (C=O) groups excluding carboxylic acids is 2. The molecule has 1 saturated heterocycles. The Balaban J connectivity index is 1.51. The highest BCUT2D eigenvalue weighted by Crippen LogP contribution is 2.44. The summed E-state index contributed by atoms with van der Waals surface area (Å²) in [6.45, 7) is 5.04. The number of Topliss-reactive ketones (excluding diaryl/α,β-unsaturated/α-hetero) is 1. The zero-order valence-corrected chi connectivity index (χ0v) is 21.0. The van der Waals surface area contributed by atoms with Gasteiger partial charge in [-0.25, -0.2) is 4.98 Å². The van der Waals surface area contributed by atoms with Crippen molar-refractivity contribution in [1.82, 2.24) is 9.97 Å². The minimum absolute atomic E-state index is 0.0532. The maximum absolute atomic E-state index is 13.4. The molecule has 0 spiro atoms. The minimum atomic E-state index is -0.945. The van der Waals surface area contributed by atoms with E-state index in [0.717, 1.165) is 15.8 Å². The van der Waals surface area contributed by atoms with Gasteiger partial charge in [-0.1, -0.05) is 37.3 Å². The molecule has 4 aromatic rings. The summed E-state index contributed by atoms with van der Waals surface area (Å²) in [5, 5.41) is 11.8. The fourth-order valence-electron chi connectivity index (χ4n) is 4.58. The monoisotopic (exact) mass is 513 g/mol. The van der Waals surface area contributed by atoms with E-state index in [0.29, 0.717) is 47.0 Å². The number of aliphatic hydroxyl groups excluding tert-OH is 1. The van der Waals surface area contributed by atoms with Crippen LogP contribution in [-0.2, 0) is 9.59 Å². The van der Waals surface area contributed by atoms with Crippen molar-refractivity contribution in [2.75, 3.05) is 18.1 Å². The van der Waals surface area contributed by atoms with Gasteiger partial charge in [0.05, 0.1) is 21.5 Å². The molecule has 186 valence electrons. The SMILES string of the molecule is CC(C)c1ccc2nc(N3C(=O)C(=O)/C(=C(/O)c4ccc5c(c4)OCCO5)C3c3ccccn3)sc2c1. The number of aromatic nitrogens is 2. The van der Waals surface area contributed by atoms with Crippen LogP contribution < -0.4 is 14.4 Å². The largest absolute Gasteiger partial charge is 0.507 e. The Hall–Kier alpha value is -4.24. The van der Waals surface area contributed by atoms with Crippen molar-refractivity contribution in [2.24, 2.45) is 0 Å². The Morgan fingerprint density at radius 3 is 2.62 bits per heavy atom. The number of hydrogen-bond donors (Lipinski definition) is 1. The van der Waals surface area contributed by atoms with Crippen molar-refractivity contribution in [3.05, 3.63) is 83.2 Å². The van der Waals surface area contributed by atoms with E-state index in [4.69, 9.17) is 9.47 Å². The highest BCUT2D eigenvalue weighted by molar-refractivity contribution is 7.22. The second kappa shape index (κ2) is 9.01. The molecule has 9 heteroatoms. The summed E-state index contributed by atoms with van der Waals surface area (Å²) in [4.78, 5) is 37.3. The van der Waals surface area contributed by atoms with E-state index < -0.39 is 17.7 Å². The van der Waals surface area contributed by atoms with Crippen LogP contribution in [0.2, 0.25) is 0 Å². The van der Waals surface area contributed by atoms with Gasteiger partial charge in [0, 0.05) is 11.8 Å². The number of hydrogen-bond acceptors (Lipinski definition) is 8. The van der Waals surface area contributed by atoms with Crippen molar-refractivity contribution < 1.29 is 24.2 Å². The van der Waals surface area contributed by atoms with Gasteiger partial charge in [-0.3, -0.25) is 19.5 Å². The van der Waals surface area contributed by atoms with Crippen LogP contribution in [0.25, 0.3) is 16.0 Å². The van der Waals surface area contributed by atoms with Crippen LogP contribution >= 0.6 is 11.3 Å². The van der Waals surface area contributed by atoms with Gasteiger partial charge in [-0.05, 0) is 53.9 Å². The zero-order chi connectivity index (χ0) is 25.7. The maximum Gasteiger partial charge on any atom is 0.301 e. The quantitative estimate of drug-likeness (QED) is 0.227. The minimum Gasteiger partial charge on any atom is -0.507 e. The first kappa shape index (κ1) is 23.2. The predicted octanol–water partition coefficient (Wildman–Crippen LogP) is 5.21. The molecule has 0 aliphatic carbocycles. The van der Waals surface area contributed by atoms with Crippen LogP contribution in [0.15, 0.2) is 66.4 Å². The van der Waals surface area contributed by atoms with Gasteiger partial charge in [0.15, 0.2) is 16.6 Å². The molecular weight excluding hydrogens is 490 g/mol. The number of ether oxygens (including phenoxy) is 2. The van der Waals surface area contributed by atoms with Crippen molar-refractivity contribution in [3.63, 3.8) is 0 Å². The number of carbonyl (C=O) groups is 2. The lowest BCUT2D eigenvalue weighted by Crippen LogP contribution is -2.29. The smallest absolute Gasteiger partial charge is 0.301 e. The summed E-state index contributed by atoms with van der Waals surface area (Å²) in [6, 6.07) is 15.2. The Bertz CT molecular complexity index is 1580.